The average Bonchev–Trinajstić information content (AvgIpc) is 2.98. The molecule has 0 radical (unpaired) electrons. The van der Waals surface area contributed by atoms with E-state index in [0.29, 0.717) is 0 Å². The number of piperidine rings is 1. The molecule has 1 saturated carbocycles. The van der Waals surface area contributed by atoms with E-state index in [4.69, 9.17) is 0 Å². The third kappa shape index (κ3) is 3.65. The van der Waals surface area contributed by atoms with Crippen molar-refractivity contribution in [1.29, 1.82) is 0 Å². The van der Waals surface area contributed by atoms with E-state index < -0.39 is 0 Å². The molecule has 2 nitrogen and oxygen atoms in total. The Morgan fingerprint density at radius 2 is 2.08 bits per heavy atom. The lowest BCUT2D eigenvalue weighted by Gasteiger charge is -2.23. The van der Waals surface area contributed by atoms with Crippen LogP contribution in [0.4, 0.5) is 0 Å². The van der Waals surface area contributed by atoms with Crippen LogP contribution < -0.4 is 10.6 Å². The lowest BCUT2D eigenvalue weighted by molar-refractivity contribution is 0.382. The second kappa shape index (κ2) is 4.97. The van der Waals surface area contributed by atoms with E-state index in [1.807, 2.05) is 0 Å². The van der Waals surface area contributed by atoms with Crippen LogP contribution in [0.15, 0.2) is 0 Å². The molecule has 2 rings (SSSR count). The van der Waals surface area contributed by atoms with Crippen molar-refractivity contribution in [3.8, 4) is 0 Å². The summed E-state index contributed by atoms with van der Waals surface area (Å²) in [5, 5.41) is 7.12. The predicted octanol–water partition coefficient (Wildman–Crippen LogP) is 1.52. The molecule has 2 aliphatic rings. The molecule has 0 amide bonds. The molecule has 76 valence electrons. The van der Waals surface area contributed by atoms with Crippen molar-refractivity contribution in [2.45, 2.75) is 44.6 Å². The zero-order valence-corrected chi connectivity index (χ0v) is 8.52. The van der Waals surface area contributed by atoms with Crippen LogP contribution in [-0.2, 0) is 0 Å². The Balaban J connectivity index is 1.46. The third-order valence-corrected chi connectivity index (χ3v) is 3.23. The van der Waals surface area contributed by atoms with Crippen LogP contribution >= 0.6 is 0 Å². The summed E-state index contributed by atoms with van der Waals surface area (Å²) in [6.45, 7) is 3.66. The quantitative estimate of drug-likeness (QED) is 0.630. The van der Waals surface area contributed by atoms with E-state index in [1.165, 1.54) is 58.2 Å². The van der Waals surface area contributed by atoms with Crippen LogP contribution in [0.25, 0.3) is 0 Å². The molecule has 1 unspecified atom stereocenters. The third-order valence-electron chi connectivity index (χ3n) is 3.23. The van der Waals surface area contributed by atoms with Gasteiger partial charge in [0.15, 0.2) is 0 Å². The van der Waals surface area contributed by atoms with E-state index in [2.05, 4.69) is 10.6 Å². The molecular weight excluding hydrogens is 160 g/mol. The van der Waals surface area contributed by atoms with Gasteiger partial charge in [-0.25, -0.2) is 0 Å². The van der Waals surface area contributed by atoms with Gasteiger partial charge in [0.2, 0.25) is 0 Å². The molecular formula is C11H22N2. The first-order valence-corrected chi connectivity index (χ1v) is 5.89. The minimum atomic E-state index is 0.757. The summed E-state index contributed by atoms with van der Waals surface area (Å²) < 4.78 is 0. The van der Waals surface area contributed by atoms with E-state index in [0.717, 1.165) is 12.0 Å². The topological polar surface area (TPSA) is 24.1 Å². The largest absolute Gasteiger partial charge is 0.315 e. The van der Waals surface area contributed by atoms with Crippen molar-refractivity contribution in [1.82, 2.24) is 10.6 Å². The summed E-state index contributed by atoms with van der Waals surface area (Å²) >= 11 is 0. The Bertz CT molecular complexity index is 137. The van der Waals surface area contributed by atoms with Gasteiger partial charge in [0.25, 0.3) is 0 Å². The first-order valence-electron chi connectivity index (χ1n) is 5.89. The molecule has 0 spiro atoms. The highest BCUT2D eigenvalue weighted by Crippen LogP contribution is 2.31. The molecule has 0 aromatic carbocycles. The van der Waals surface area contributed by atoms with E-state index in [1.54, 1.807) is 0 Å². The van der Waals surface area contributed by atoms with E-state index in [-0.39, 0.29) is 0 Å². The Labute approximate surface area is 81.5 Å². The lowest BCUT2D eigenvalue weighted by Crippen LogP contribution is -2.41. The molecule has 1 aliphatic heterocycles. The van der Waals surface area contributed by atoms with E-state index >= 15 is 0 Å². The fourth-order valence-corrected chi connectivity index (χ4v) is 2.09. The molecule has 1 heterocycles. The number of hydrogen-bond donors (Lipinski definition) is 2. The van der Waals surface area contributed by atoms with Crippen LogP contribution in [0.2, 0.25) is 0 Å². The second-order valence-electron chi connectivity index (χ2n) is 4.58. The smallest absolute Gasteiger partial charge is 0.0192 e. The highest BCUT2D eigenvalue weighted by atomic mass is 15.0. The normalized spacial score (nSPS) is 29.1. The Morgan fingerprint density at radius 3 is 2.77 bits per heavy atom. The van der Waals surface area contributed by atoms with Crippen LogP contribution in [0.1, 0.15) is 38.5 Å². The maximum atomic E-state index is 3.56. The van der Waals surface area contributed by atoms with Crippen molar-refractivity contribution in [3.63, 3.8) is 0 Å². The molecule has 13 heavy (non-hydrogen) atoms. The van der Waals surface area contributed by atoms with Gasteiger partial charge in [0, 0.05) is 12.6 Å². The van der Waals surface area contributed by atoms with Crippen LogP contribution in [0, 0.1) is 5.92 Å². The molecule has 0 aromatic rings. The van der Waals surface area contributed by atoms with E-state index in [9.17, 15) is 0 Å². The SMILES string of the molecule is C1CCC(CNCCC2CC2)NC1. The van der Waals surface area contributed by atoms with Gasteiger partial charge in [-0.2, -0.15) is 0 Å². The van der Waals surface area contributed by atoms with Gasteiger partial charge in [0.1, 0.15) is 0 Å². The summed E-state index contributed by atoms with van der Waals surface area (Å²) in [7, 11) is 0. The Hall–Kier alpha value is -0.0800. The minimum absolute atomic E-state index is 0.757. The monoisotopic (exact) mass is 182 g/mol. The van der Waals surface area contributed by atoms with Crippen LogP contribution in [0.3, 0.4) is 0 Å². The molecule has 1 saturated heterocycles. The Kier molecular flexibility index (Phi) is 3.62. The fraction of sp³-hybridized carbons (Fsp3) is 1.00. The summed E-state index contributed by atoms with van der Waals surface area (Å²) in [5.74, 6) is 1.08. The number of nitrogens with one attached hydrogen (secondary N) is 2. The van der Waals surface area contributed by atoms with Crippen LogP contribution in [-0.4, -0.2) is 25.7 Å². The van der Waals surface area contributed by atoms with Gasteiger partial charge in [-0.1, -0.05) is 19.3 Å². The Morgan fingerprint density at radius 1 is 1.15 bits per heavy atom. The highest BCUT2D eigenvalue weighted by Gasteiger charge is 2.20. The summed E-state index contributed by atoms with van der Waals surface area (Å²) in [4.78, 5) is 0. The fourth-order valence-electron chi connectivity index (χ4n) is 2.09. The predicted molar refractivity (Wildman–Crippen MR) is 55.9 cm³/mol. The van der Waals surface area contributed by atoms with Crippen LogP contribution in [0.5, 0.6) is 0 Å². The van der Waals surface area contributed by atoms with Gasteiger partial charge >= 0.3 is 0 Å². The van der Waals surface area contributed by atoms with Crippen molar-refractivity contribution in [2.75, 3.05) is 19.6 Å². The molecule has 2 N–H and O–H groups in total. The average molecular weight is 182 g/mol. The van der Waals surface area contributed by atoms with Gasteiger partial charge in [0.05, 0.1) is 0 Å². The lowest BCUT2D eigenvalue weighted by atomic mass is 10.1. The molecule has 0 bridgehead atoms. The molecule has 2 heteroatoms. The van der Waals surface area contributed by atoms with Crippen molar-refractivity contribution in [2.24, 2.45) is 5.92 Å². The van der Waals surface area contributed by atoms with Gasteiger partial charge in [-0.05, 0) is 38.3 Å². The number of hydrogen-bond acceptors (Lipinski definition) is 2. The molecule has 2 fully saturated rings. The highest BCUT2D eigenvalue weighted by molar-refractivity contribution is 4.76. The first-order chi connectivity index (χ1) is 6.45. The molecule has 1 atom stereocenters. The van der Waals surface area contributed by atoms with Crippen molar-refractivity contribution in [3.05, 3.63) is 0 Å². The zero-order valence-electron chi connectivity index (χ0n) is 8.52. The van der Waals surface area contributed by atoms with Gasteiger partial charge in [-0.3, -0.25) is 0 Å². The maximum absolute atomic E-state index is 3.56. The standard InChI is InChI=1S/C11H22N2/c1-2-7-13-11(3-1)9-12-8-6-10-4-5-10/h10-13H,1-9H2. The second-order valence-corrected chi connectivity index (χ2v) is 4.58. The molecule has 1 aliphatic carbocycles. The van der Waals surface area contributed by atoms with Gasteiger partial charge in [-0.15, -0.1) is 0 Å². The molecule has 0 aromatic heterocycles. The summed E-state index contributed by atoms with van der Waals surface area (Å²) in [5.41, 5.74) is 0. The maximum Gasteiger partial charge on any atom is 0.0192 e. The zero-order chi connectivity index (χ0) is 8.93. The summed E-state index contributed by atoms with van der Waals surface area (Å²) in [6.07, 6.45) is 8.55. The van der Waals surface area contributed by atoms with Crippen molar-refractivity contribution >= 4 is 0 Å². The first kappa shape index (κ1) is 9.47. The number of rotatable bonds is 5. The van der Waals surface area contributed by atoms with Crippen molar-refractivity contribution < 1.29 is 0 Å². The summed E-state index contributed by atoms with van der Waals surface area (Å²) in [6, 6.07) is 0.757. The van der Waals surface area contributed by atoms with Gasteiger partial charge < -0.3 is 10.6 Å². The minimum Gasteiger partial charge on any atom is -0.315 e.